The molecule has 4 aromatic rings. The topological polar surface area (TPSA) is 121 Å². The summed E-state index contributed by atoms with van der Waals surface area (Å²) in [5.74, 6) is 0.282. The molecule has 0 radical (unpaired) electrons. The predicted octanol–water partition coefficient (Wildman–Crippen LogP) is 3.33. The van der Waals surface area contributed by atoms with E-state index >= 15 is 0 Å². The molecule has 0 atom stereocenters. The number of carbonyl (C=O) groups excluding carboxylic acids is 1. The number of fused-ring (bicyclic) bond motifs is 1. The third-order valence-electron chi connectivity index (χ3n) is 5.11. The maximum absolute atomic E-state index is 12.6. The van der Waals surface area contributed by atoms with Crippen molar-refractivity contribution >= 4 is 38.8 Å². The van der Waals surface area contributed by atoms with Gasteiger partial charge >= 0.3 is 0 Å². The number of amides is 1. The molecule has 9 nitrogen and oxygen atoms in total. The molecular formula is C21H19BrN6O3. The van der Waals surface area contributed by atoms with Gasteiger partial charge in [0.1, 0.15) is 5.52 Å². The van der Waals surface area contributed by atoms with Gasteiger partial charge in [-0.15, -0.1) is 0 Å². The number of aromatic nitrogens is 4. The summed E-state index contributed by atoms with van der Waals surface area (Å²) in [5, 5.41) is 7.32. The van der Waals surface area contributed by atoms with Crippen LogP contribution in [0.3, 0.4) is 0 Å². The van der Waals surface area contributed by atoms with Crippen LogP contribution in [0, 0.1) is 0 Å². The van der Waals surface area contributed by atoms with E-state index < -0.39 is 0 Å². The van der Waals surface area contributed by atoms with Gasteiger partial charge in [-0.05, 0) is 30.5 Å². The molecule has 5 rings (SSSR count). The number of hydrogen-bond donors (Lipinski definition) is 2. The summed E-state index contributed by atoms with van der Waals surface area (Å²) in [6.45, 7) is 1.28. The average Bonchev–Trinajstić information content (AvgIpc) is 3.42. The Morgan fingerprint density at radius 2 is 2.03 bits per heavy atom. The molecular weight excluding hydrogens is 464 g/mol. The van der Waals surface area contributed by atoms with Gasteiger partial charge in [0.05, 0.1) is 6.20 Å². The highest BCUT2D eigenvalue weighted by molar-refractivity contribution is 9.10. The lowest BCUT2D eigenvalue weighted by Gasteiger charge is -2.22. The Kier molecular flexibility index (Phi) is 5.16. The van der Waals surface area contributed by atoms with E-state index in [9.17, 15) is 4.79 Å². The summed E-state index contributed by atoms with van der Waals surface area (Å²) >= 11 is 3.48. The molecule has 3 N–H and O–H groups in total. The Hall–Kier alpha value is -3.24. The minimum absolute atomic E-state index is 0.0639. The minimum Gasteiger partial charge on any atom is -0.445 e. The van der Waals surface area contributed by atoms with Crippen molar-refractivity contribution in [3.8, 4) is 17.1 Å². The number of furan rings is 1. The van der Waals surface area contributed by atoms with Gasteiger partial charge in [0.25, 0.3) is 11.9 Å². The molecule has 1 amide bonds. The third-order valence-corrected chi connectivity index (χ3v) is 5.61. The van der Waals surface area contributed by atoms with E-state index in [0.29, 0.717) is 24.7 Å². The first-order valence-electron chi connectivity index (χ1n) is 9.83. The van der Waals surface area contributed by atoms with Gasteiger partial charge in [0.2, 0.25) is 0 Å². The third kappa shape index (κ3) is 4.04. The van der Waals surface area contributed by atoms with Crippen LogP contribution in [0.15, 0.2) is 51.6 Å². The van der Waals surface area contributed by atoms with Crippen LogP contribution in [-0.4, -0.2) is 44.9 Å². The molecule has 1 fully saturated rings. The van der Waals surface area contributed by atoms with Crippen molar-refractivity contribution < 1.29 is 13.9 Å². The first-order chi connectivity index (χ1) is 15.1. The number of nitrogens with two attached hydrogens (primary N) is 1. The summed E-state index contributed by atoms with van der Waals surface area (Å²) in [5.41, 5.74) is 8.73. The summed E-state index contributed by atoms with van der Waals surface area (Å²) in [4.78, 5) is 21.4. The fourth-order valence-electron chi connectivity index (χ4n) is 3.50. The molecule has 0 aliphatic carbocycles. The highest BCUT2D eigenvalue weighted by Crippen LogP contribution is 2.26. The number of nitrogen functional groups attached to an aromatic ring is 1. The highest BCUT2D eigenvalue weighted by atomic mass is 79.9. The van der Waals surface area contributed by atoms with E-state index in [-0.39, 0.29) is 29.1 Å². The van der Waals surface area contributed by atoms with Crippen molar-refractivity contribution in [2.45, 2.75) is 18.9 Å². The van der Waals surface area contributed by atoms with Gasteiger partial charge in [-0.25, -0.2) is 9.67 Å². The SMILES string of the molecule is Nc1nc(-n2cc(-c3cccc(Br)c3)cn2)nc2cc(C(=O)NC3CCOCC3)oc12. The molecule has 1 aliphatic heterocycles. The lowest BCUT2D eigenvalue weighted by molar-refractivity contribution is 0.0684. The maximum Gasteiger partial charge on any atom is 0.287 e. The van der Waals surface area contributed by atoms with Gasteiger partial charge in [0.15, 0.2) is 17.2 Å². The monoisotopic (exact) mass is 482 g/mol. The minimum atomic E-state index is -0.304. The fourth-order valence-corrected chi connectivity index (χ4v) is 3.90. The van der Waals surface area contributed by atoms with Crippen molar-refractivity contribution in [1.29, 1.82) is 0 Å². The van der Waals surface area contributed by atoms with E-state index in [0.717, 1.165) is 28.4 Å². The predicted molar refractivity (Wildman–Crippen MR) is 118 cm³/mol. The van der Waals surface area contributed by atoms with Crippen LogP contribution in [0.25, 0.3) is 28.2 Å². The standard InChI is InChI=1S/C21H19BrN6O3/c22-14-3-1-2-12(8-14)13-10-24-28(11-13)21-26-16-9-17(31-18(16)19(23)27-21)20(29)25-15-4-6-30-7-5-15/h1-3,8-11,15H,4-7H2,(H,25,29)(H2,23,26,27). The van der Waals surface area contributed by atoms with Gasteiger partial charge in [-0.3, -0.25) is 4.79 Å². The molecule has 10 heteroatoms. The maximum atomic E-state index is 12.6. The fraction of sp³-hybridized carbons (Fsp3) is 0.238. The number of nitrogens with zero attached hydrogens (tertiary/aromatic N) is 4. The molecule has 1 aliphatic rings. The van der Waals surface area contributed by atoms with E-state index in [4.69, 9.17) is 14.9 Å². The van der Waals surface area contributed by atoms with Gasteiger partial charge in [0, 0.05) is 41.6 Å². The van der Waals surface area contributed by atoms with Crippen molar-refractivity contribution in [2.24, 2.45) is 0 Å². The van der Waals surface area contributed by atoms with Gasteiger partial charge in [-0.2, -0.15) is 10.1 Å². The van der Waals surface area contributed by atoms with Gasteiger partial charge in [-0.1, -0.05) is 28.1 Å². The van der Waals surface area contributed by atoms with Crippen LogP contribution < -0.4 is 11.1 Å². The molecule has 0 saturated carbocycles. The van der Waals surface area contributed by atoms with E-state index in [1.54, 1.807) is 16.9 Å². The van der Waals surface area contributed by atoms with Crippen molar-refractivity contribution in [2.75, 3.05) is 18.9 Å². The zero-order valence-electron chi connectivity index (χ0n) is 16.4. The van der Waals surface area contributed by atoms with Crippen molar-refractivity contribution in [1.82, 2.24) is 25.1 Å². The number of rotatable bonds is 4. The van der Waals surface area contributed by atoms with Crippen LogP contribution in [0.2, 0.25) is 0 Å². The smallest absolute Gasteiger partial charge is 0.287 e. The Labute approximate surface area is 185 Å². The quantitative estimate of drug-likeness (QED) is 0.457. The highest BCUT2D eigenvalue weighted by Gasteiger charge is 2.21. The molecule has 4 heterocycles. The molecule has 0 spiro atoms. The molecule has 0 unspecified atom stereocenters. The van der Waals surface area contributed by atoms with Crippen LogP contribution in [0.1, 0.15) is 23.4 Å². The molecule has 158 valence electrons. The number of halogens is 1. The largest absolute Gasteiger partial charge is 0.445 e. The van der Waals surface area contributed by atoms with E-state index in [2.05, 4.69) is 36.3 Å². The summed E-state index contributed by atoms with van der Waals surface area (Å²) < 4.78 is 13.5. The number of ether oxygens (including phenoxy) is 1. The number of carbonyl (C=O) groups is 1. The first-order valence-corrected chi connectivity index (χ1v) is 10.6. The van der Waals surface area contributed by atoms with Crippen LogP contribution in [0.4, 0.5) is 5.82 Å². The van der Waals surface area contributed by atoms with Crippen LogP contribution in [-0.2, 0) is 4.74 Å². The Bertz CT molecular complexity index is 1260. The summed E-state index contributed by atoms with van der Waals surface area (Å²) in [7, 11) is 0. The molecule has 0 bridgehead atoms. The van der Waals surface area contributed by atoms with Crippen molar-refractivity contribution in [3.63, 3.8) is 0 Å². The zero-order valence-corrected chi connectivity index (χ0v) is 18.0. The lowest BCUT2D eigenvalue weighted by Crippen LogP contribution is -2.38. The first kappa shape index (κ1) is 19.7. The number of hydrogen-bond acceptors (Lipinski definition) is 7. The number of anilines is 1. The normalized spacial score (nSPS) is 14.7. The molecule has 1 saturated heterocycles. The Balaban J connectivity index is 1.43. The zero-order chi connectivity index (χ0) is 21.4. The number of benzene rings is 1. The van der Waals surface area contributed by atoms with Crippen molar-refractivity contribution in [3.05, 3.63) is 53.0 Å². The lowest BCUT2D eigenvalue weighted by atomic mass is 10.1. The van der Waals surface area contributed by atoms with E-state index in [1.165, 1.54) is 0 Å². The summed E-state index contributed by atoms with van der Waals surface area (Å²) in [6, 6.07) is 9.54. The second-order valence-corrected chi connectivity index (χ2v) is 8.19. The van der Waals surface area contributed by atoms with Crippen LogP contribution in [0.5, 0.6) is 0 Å². The summed E-state index contributed by atoms with van der Waals surface area (Å²) in [6.07, 6.45) is 5.10. The molecule has 3 aromatic heterocycles. The second kappa shape index (κ2) is 8.12. The Morgan fingerprint density at radius 3 is 2.84 bits per heavy atom. The van der Waals surface area contributed by atoms with Gasteiger partial charge < -0.3 is 20.2 Å². The second-order valence-electron chi connectivity index (χ2n) is 7.28. The number of nitrogens with one attached hydrogen (secondary N) is 1. The Morgan fingerprint density at radius 1 is 1.19 bits per heavy atom. The van der Waals surface area contributed by atoms with E-state index in [1.807, 2.05) is 30.5 Å². The average molecular weight is 483 g/mol. The molecule has 1 aromatic carbocycles. The van der Waals surface area contributed by atoms with Crippen LogP contribution >= 0.6 is 15.9 Å². The molecule has 31 heavy (non-hydrogen) atoms.